The predicted octanol–water partition coefficient (Wildman–Crippen LogP) is 3.43. The van der Waals surface area contributed by atoms with Crippen LogP contribution in [-0.4, -0.2) is 4.98 Å². The van der Waals surface area contributed by atoms with Gasteiger partial charge in [0.05, 0.1) is 0 Å². The van der Waals surface area contributed by atoms with Crippen molar-refractivity contribution in [3.63, 3.8) is 0 Å². The maximum absolute atomic E-state index is 4.04. The Labute approximate surface area is 103 Å². The summed E-state index contributed by atoms with van der Waals surface area (Å²) in [5.41, 5.74) is 3.37. The summed E-state index contributed by atoms with van der Waals surface area (Å²) in [5, 5.41) is 0. The van der Waals surface area contributed by atoms with Crippen molar-refractivity contribution in [3.05, 3.63) is 65.5 Å². The van der Waals surface area contributed by atoms with E-state index in [0.29, 0.717) is 0 Å². The van der Waals surface area contributed by atoms with Crippen LogP contribution in [0, 0.1) is 11.8 Å². The summed E-state index contributed by atoms with van der Waals surface area (Å²) in [6.07, 6.45) is 5.82. The summed E-state index contributed by atoms with van der Waals surface area (Å²) in [6, 6.07) is 12.3. The first-order chi connectivity index (χ1) is 8.38. The number of aromatic nitrogens is 1. The lowest BCUT2D eigenvalue weighted by Crippen LogP contribution is -1.84. The van der Waals surface area contributed by atoms with Gasteiger partial charge in [-0.1, -0.05) is 37.3 Å². The van der Waals surface area contributed by atoms with E-state index in [9.17, 15) is 0 Å². The van der Waals surface area contributed by atoms with Crippen molar-refractivity contribution in [2.75, 3.05) is 0 Å². The van der Waals surface area contributed by atoms with Crippen molar-refractivity contribution in [1.29, 1.82) is 0 Å². The molecule has 0 saturated heterocycles. The fraction of sp³-hybridized carbons (Fsp3) is 0.188. The smallest absolute Gasteiger partial charge is 0.0432 e. The largest absolute Gasteiger partial charge is 0.263 e. The number of pyridine rings is 1. The van der Waals surface area contributed by atoms with Crippen LogP contribution in [0.25, 0.3) is 0 Å². The summed E-state index contributed by atoms with van der Waals surface area (Å²) < 4.78 is 0. The minimum absolute atomic E-state index is 0.952. The third-order valence-electron chi connectivity index (χ3n) is 2.48. The fourth-order valence-corrected chi connectivity index (χ4v) is 1.67. The molecule has 0 saturated carbocycles. The Kier molecular flexibility index (Phi) is 3.94. The molecule has 1 aromatic heterocycles. The molecule has 0 fully saturated rings. The number of rotatable bonds is 2. The zero-order valence-electron chi connectivity index (χ0n) is 9.98. The number of hydrogen-bond acceptors (Lipinski definition) is 1. The summed E-state index contributed by atoms with van der Waals surface area (Å²) in [6.45, 7) is 2.19. The van der Waals surface area contributed by atoms with Crippen LogP contribution in [-0.2, 0) is 6.42 Å². The van der Waals surface area contributed by atoms with Crippen molar-refractivity contribution in [1.82, 2.24) is 4.98 Å². The summed E-state index contributed by atoms with van der Waals surface area (Å²) in [4.78, 5) is 4.04. The molecule has 0 aliphatic carbocycles. The maximum atomic E-state index is 4.04. The van der Waals surface area contributed by atoms with Crippen molar-refractivity contribution in [2.24, 2.45) is 0 Å². The lowest BCUT2D eigenvalue weighted by Gasteiger charge is -1.98. The Morgan fingerprint density at radius 2 is 1.88 bits per heavy atom. The molecule has 1 nitrogen and oxygen atoms in total. The minimum atomic E-state index is 0.952. The molecule has 0 aliphatic rings. The molecule has 0 unspecified atom stereocenters. The third kappa shape index (κ3) is 3.46. The zero-order valence-corrected chi connectivity index (χ0v) is 9.98. The second-order valence-corrected chi connectivity index (χ2v) is 3.94. The van der Waals surface area contributed by atoms with E-state index in [2.05, 4.69) is 41.9 Å². The Balaban J connectivity index is 2.19. The lowest BCUT2D eigenvalue weighted by atomic mass is 10.1. The fourth-order valence-electron chi connectivity index (χ4n) is 1.67. The van der Waals surface area contributed by atoms with E-state index in [-0.39, 0.29) is 0 Å². The van der Waals surface area contributed by atoms with Gasteiger partial charge in [0.1, 0.15) is 0 Å². The first-order valence-electron chi connectivity index (χ1n) is 5.89. The molecule has 0 radical (unpaired) electrons. The van der Waals surface area contributed by atoms with Crippen LogP contribution in [0.1, 0.15) is 30.0 Å². The number of nitrogens with zero attached hydrogens (tertiary/aromatic N) is 1. The van der Waals surface area contributed by atoms with Crippen molar-refractivity contribution in [2.45, 2.75) is 19.8 Å². The minimum Gasteiger partial charge on any atom is -0.263 e. The van der Waals surface area contributed by atoms with Crippen LogP contribution in [0.2, 0.25) is 0 Å². The quantitative estimate of drug-likeness (QED) is 0.708. The van der Waals surface area contributed by atoms with Crippen LogP contribution in [0.5, 0.6) is 0 Å². The van der Waals surface area contributed by atoms with Crippen molar-refractivity contribution >= 4 is 0 Å². The average molecular weight is 221 g/mol. The van der Waals surface area contributed by atoms with E-state index in [1.54, 1.807) is 12.4 Å². The van der Waals surface area contributed by atoms with Crippen LogP contribution >= 0.6 is 0 Å². The molecule has 2 rings (SSSR count). The van der Waals surface area contributed by atoms with Gasteiger partial charge < -0.3 is 0 Å². The Morgan fingerprint density at radius 1 is 1.06 bits per heavy atom. The van der Waals surface area contributed by atoms with Gasteiger partial charge >= 0.3 is 0 Å². The molecule has 17 heavy (non-hydrogen) atoms. The molecule has 0 amide bonds. The van der Waals surface area contributed by atoms with E-state index in [1.807, 2.05) is 18.2 Å². The van der Waals surface area contributed by atoms with Crippen molar-refractivity contribution < 1.29 is 0 Å². The number of aryl methyl sites for hydroxylation is 1. The van der Waals surface area contributed by atoms with Gasteiger partial charge in [0.25, 0.3) is 0 Å². The maximum Gasteiger partial charge on any atom is 0.0432 e. The van der Waals surface area contributed by atoms with Crippen LogP contribution in [0.4, 0.5) is 0 Å². The van der Waals surface area contributed by atoms with Gasteiger partial charge in [-0.25, -0.2) is 0 Å². The zero-order chi connectivity index (χ0) is 11.9. The first-order valence-corrected chi connectivity index (χ1v) is 5.89. The van der Waals surface area contributed by atoms with Gasteiger partial charge in [0.2, 0.25) is 0 Å². The van der Waals surface area contributed by atoms with Gasteiger partial charge in [0.15, 0.2) is 0 Å². The van der Waals surface area contributed by atoms with Gasteiger partial charge in [-0.05, 0) is 36.2 Å². The molecule has 1 heteroatoms. The first kappa shape index (κ1) is 11.4. The highest BCUT2D eigenvalue weighted by atomic mass is 14.6. The Hall–Kier alpha value is -2.07. The van der Waals surface area contributed by atoms with E-state index >= 15 is 0 Å². The van der Waals surface area contributed by atoms with E-state index in [4.69, 9.17) is 0 Å². The molecule has 0 bridgehead atoms. The third-order valence-corrected chi connectivity index (χ3v) is 2.48. The monoisotopic (exact) mass is 221 g/mol. The molecule has 1 aromatic carbocycles. The molecule has 0 spiro atoms. The van der Waals surface area contributed by atoms with Crippen LogP contribution < -0.4 is 0 Å². The Morgan fingerprint density at radius 3 is 2.65 bits per heavy atom. The lowest BCUT2D eigenvalue weighted by molar-refractivity contribution is 0.921. The normalized spacial score (nSPS) is 9.47. The molecule has 2 aromatic rings. The molecule has 84 valence electrons. The van der Waals surface area contributed by atoms with Crippen LogP contribution in [0.15, 0.2) is 48.8 Å². The summed E-state index contributed by atoms with van der Waals surface area (Å²) >= 11 is 0. The van der Waals surface area contributed by atoms with E-state index < -0.39 is 0 Å². The summed E-state index contributed by atoms with van der Waals surface area (Å²) in [5.74, 6) is 6.29. The standard InChI is InChI=1S/C16H15N/c1-2-5-14-6-3-7-15(12-14)9-10-16-8-4-11-17-13-16/h3-4,6-8,11-13H,2,5H2,1H3. The molecule has 0 atom stereocenters. The molecular formula is C16H15N. The van der Waals surface area contributed by atoms with E-state index in [1.165, 1.54) is 12.0 Å². The second kappa shape index (κ2) is 5.86. The van der Waals surface area contributed by atoms with Gasteiger partial charge in [-0.3, -0.25) is 4.98 Å². The highest BCUT2D eigenvalue weighted by molar-refractivity contribution is 5.42. The number of benzene rings is 1. The molecular weight excluding hydrogens is 206 g/mol. The molecule has 1 heterocycles. The van der Waals surface area contributed by atoms with Crippen LogP contribution in [0.3, 0.4) is 0 Å². The SMILES string of the molecule is CCCc1cccc(C#Cc2cccnc2)c1. The second-order valence-electron chi connectivity index (χ2n) is 3.94. The van der Waals surface area contributed by atoms with Crippen molar-refractivity contribution in [3.8, 4) is 11.8 Å². The average Bonchev–Trinajstić information content (AvgIpc) is 2.39. The van der Waals surface area contributed by atoms with Gasteiger partial charge in [-0.2, -0.15) is 0 Å². The highest BCUT2D eigenvalue weighted by Crippen LogP contribution is 2.06. The summed E-state index contributed by atoms with van der Waals surface area (Å²) in [7, 11) is 0. The molecule has 0 aliphatic heterocycles. The highest BCUT2D eigenvalue weighted by Gasteiger charge is 1.92. The molecule has 0 N–H and O–H groups in total. The van der Waals surface area contributed by atoms with E-state index in [0.717, 1.165) is 17.5 Å². The predicted molar refractivity (Wildman–Crippen MR) is 70.7 cm³/mol. The topological polar surface area (TPSA) is 12.9 Å². The van der Waals surface area contributed by atoms with Gasteiger partial charge in [-0.15, -0.1) is 0 Å². The number of hydrogen-bond donors (Lipinski definition) is 0. The Bertz CT molecular complexity index is 532. The van der Waals surface area contributed by atoms with Gasteiger partial charge in [0, 0.05) is 23.5 Å².